The topological polar surface area (TPSA) is 43.8 Å². The third kappa shape index (κ3) is 2.26. The number of halogens is 1. The summed E-state index contributed by atoms with van der Waals surface area (Å²) in [5.74, 6) is 0.982. The number of rotatable bonds is 3. The van der Waals surface area contributed by atoms with Crippen molar-refractivity contribution in [2.75, 3.05) is 6.54 Å². The Balaban J connectivity index is 2.33. The lowest BCUT2D eigenvalue weighted by Gasteiger charge is -1.99. The van der Waals surface area contributed by atoms with E-state index in [1.54, 1.807) is 0 Å². The first-order valence-corrected chi connectivity index (χ1v) is 5.58. The number of imidazole rings is 1. The third-order valence-electron chi connectivity index (χ3n) is 2.49. The second kappa shape index (κ2) is 4.68. The summed E-state index contributed by atoms with van der Waals surface area (Å²) < 4.78 is 2.06. The van der Waals surface area contributed by atoms with Crippen LogP contribution >= 0.6 is 11.6 Å². The first kappa shape index (κ1) is 11.2. The van der Waals surface area contributed by atoms with Crippen LogP contribution in [0.2, 0.25) is 5.02 Å². The first-order chi connectivity index (χ1) is 7.70. The molecule has 84 valence electrons. The van der Waals surface area contributed by atoms with Gasteiger partial charge >= 0.3 is 0 Å². The van der Waals surface area contributed by atoms with Crippen molar-refractivity contribution in [1.82, 2.24) is 9.55 Å². The molecule has 2 aromatic rings. The highest BCUT2D eigenvalue weighted by Crippen LogP contribution is 2.20. The average Bonchev–Trinajstić information content (AvgIpc) is 2.62. The fourth-order valence-corrected chi connectivity index (χ4v) is 1.76. The summed E-state index contributed by atoms with van der Waals surface area (Å²) in [5, 5.41) is 0.738. The number of aromatic nitrogens is 2. The number of benzene rings is 1. The molecule has 0 amide bonds. The van der Waals surface area contributed by atoms with E-state index in [1.807, 2.05) is 37.4 Å². The fourth-order valence-electron chi connectivity index (χ4n) is 1.63. The molecule has 16 heavy (non-hydrogen) atoms. The SMILES string of the molecule is Cc1nc(-c2ccc(Cl)cc2)cn1CCN. The molecule has 0 bridgehead atoms. The number of nitrogens with zero attached hydrogens (tertiary/aromatic N) is 2. The van der Waals surface area contributed by atoms with Crippen LogP contribution in [0.5, 0.6) is 0 Å². The van der Waals surface area contributed by atoms with Crippen molar-refractivity contribution >= 4 is 11.6 Å². The lowest BCUT2D eigenvalue weighted by atomic mass is 10.2. The van der Waals surface area contributed by atoms with E-state index >= 15 is 0 Å². The van der Waals surface area contributed by atoms with Gasteiger partial charge in [0.05, 0.1) is 5.69 Å². The fraction of sp³-hybridized carbons (Fsp3) is 0.250. The van der Waals surface area contributed by atoms with E-state index in [9.17, 15) is 0 Å². The van der Waals surface area contributed by atoms with Gasteiger partial charge in [0.15, 0.2) is 0 Å². The van der Waals surface area contributed by atoms with Crippen LogP contribution < -0.4 is 5.73 Å². The Morgan fingerprint density at radius 2 is 2.00 bits per heavy atom. The second-order valence-electron chi connectivity index (χ2n) is 3.66. The summed E-state index contributed by atoms with van der Waals surface area (Å²) in [6.45, 7) is 3.40. The van der Waals surface area contributed by atoms with Crippen LogP contribution in [0.3, 0.4) is 0 Å². The van der Waals surface area contributed by atoms with Crippen LogP contribution in [0.1, 0.15) is 5.82 Å². The standard InChI is InChI=1S/C12H14ClN3/c1-9-15-12(8-16(9)7-6-14)10-2-4-11(13)5-3-10/h2-5,8H,6-7,14H2,1H3. The second-order valence-corrected chi connectivity index (χ2v) is 4.10. The van der Waals surface area contributed by atoms with Gasteiger partial charge in [-0.25, -0.2) is 4.98 Å². The predicted molar refractivity (Wildman–Crippen MR) is 66.5 cm³/mol. The normalized spacial score (nSPS) is 10.7. The molecule has 1 aromatic carbocycles. The molecule has 0 fully saturated rings. The minimum Gasteiger partial charge on any atom is -0.333 e. The predicted octanol–water partition coefficient (Wildman–Crippen LogP) is 2.47. The molecule has 3 nitrogen and oxygen atoms in total. The maximum atomic E-state index is 5.84. The van der Waals surface area contributed by atoms with Crippen molar-refractivity contribution in [2.24, 2.45) is 5.73 Å². The summed E-state index contributed by atoms with van der Waals surface area (Å²) >= 11 is 5.84. The minimum atomic E-state index is 0.622. The highest BCUT2D eigenvalue weighted by atomic mass is 35.5. The molecule has 1 aromatic heterocycles. The van der Waals surface area contributed by atoms with Crippen LogP contribution in [0.4, 0.5) is 0 Å². The number of nitrogens with two attached hydrogens (primary N) is 1. The average molecular weight is 236 g/mol. The van der Waals surface area contributed by atoms with E-state index in [-0.39, 0.29) is 0 Å². The number of hydrogen-bond acceptors (Lipinski definition) is 2. The summed E-state index contributed by atoms with van der Waals surface area (Å²) in [7, 11) is 0. The van der Waals surface area contributed by atoms with E-state index < -0.39 is 0 Å². The van der Waals surface area contributed by atoms with Gasteiger partial charge in [0.2, 0.25) is 0 Å². The van der Waals surface area contributed by atoms with Crippen molar-refractivity contribution in [2.45, 2.75) is 13.5 Å². The van der Waals surface area contributed by atoms with Gasteiger partial charge < -0.3 is 10.3 Å². The summed E-state index contributed by atoms with van der Waals surface area (Å²) in [4.78, 5) is 4.49. The lowest BCUT2D eigenvalue weighted by Crippen LogP contribution is -2.10. The molecule has 0 aliphatic carbocycles. The molecule has 0 unspecified atom stereocenters. The van der Waals surface area contributed by atoms with Crippen LogP contribution in [0.15, 0.2) is 30.5 Å². The molecule has 4 heteroatoms. The Hall–Kier alpha value is -1.32. The van der Waals surface area contributed by atoms with Crippen molar-refractivity contribution in [1.29, 1.82) is 0 Å². The van der Waals surface area contributed by atoms with Crippen molar-refractivity contribution in [3.63, 3.8) is 0 Å². The van der Waals surface area contributed by atoms with Gasteiger partial charge in [-0.1, -0.05) is 23.7 Å². The van der Waals surface area contributed by atoms with Gasteiger partial charge in [-0.15, -0.1) is 0 Å². The Labute approximate surface area is 99.9 Å². The Morgan fingerprint density at radius 3 is 2.62 bits per heavy atom. The Kier molecular flexibility index (Phi) is 3.27. The summed E-state index contributed by atoms with van der Waals surface area (Å²) in [6, 6.07) is 7.68. The maximum absolute atomic E-state index is 5.84. The molecule has 0 aliphatic rings. The largest absolute Gasteiger partial charge is 0.333 e. The number of hydrogen-bond donors (Lipinski definition) is 1. The number of aryl methyl sites for hydroxylation is 1. The molecule has 0 spiro atoms. The van der Waals surface area contributed by atoms with Gasteiger partial charge in [-0.2, -0.15) is 0 Å². The van der Waals surface area contributed by atoms with Crippen LogP contribution in [-0.2, 0) is 6.54 Å². The lowest BCUT2D eigenvalue weighted by molar-refractivity contribution is 0.684. The Morgan fingerprint density at radius 1 is 1.31 bits per heavy atom. The molecule has 0 saturated carbocycles. The minimum absolute atomic E-state index is 0.622. The summed E-state index contributed by atoms with van der Waals surface area (Å²) in [6.07, 6.45) is 2.02. The van der Waals surface area contributed by atoms with E-state index in [2.05, 4.69) is 9.55 Å². The van der Waals surface area contributed by atoms with E-state index in [1.165, 1.54) is 0 Å². The van der Waals surface area contributed by atoms with Gasteiger partial charge in [-0.3, -0.25) is 0 Å². The molecule has 1 heterocycles. The highest BCUT2D eigenvalue weighted by Gasteiger charge is 2.05. The smallest absolute Gasteiger partial charge is 0.106 e. The van der Waals surface area contributed by atoms with E-state index in [0.717, 1.165) is 28.6 Å². The van der Waals surface area contributed by atoms with Gasteiger partial charge in [0.1, 0.15) is 5.82 Å². The quantitative estimate of drug-likeness (QED) is 0.888. The molecule has 0 atom stereocenters. The molecular formula is C12H14ClN3. The molecule has 0 aliphatic heterocycles. The zero-order valence-electron chi connectivity index (χ0n) is 9.15. The molecule has 0 radical (unpaired) electrons. The first-order valence-electron chi connectivity index (χ1n) is 5.20. The van der Waals surface area contributed by atoms with Crippen LogP contribution in [0.25, 0.3) is 11.3 Å². The highest BCUT2D eigenvalue weighted by molar-refractivity contribution is 6.30. The van der Waals surface area contributed by atoms with Gasteiger partial charge in [-0.05, 0) is 19.1 Å². The monoisotopic (exact) mass is 235 g/mol. The molecular weight excluding hydrogens is 222 g/mol. The van der Waals surface area contributed by atoms with Crippen molar-refractivity contribution < 1.29 is 0 Å². The molecule has 0 saturated heterocycles. The van der Waals surface area contributed by atoms with Crippen molar-refractivity contribution in [3.8, 4) is 11.3 Å². The third-order valence-corrected chi connectivity index (χ3v) is 2.74. The maximum Gasteiger partial charge on any atom is 0.106 e. The molecule has 2 rings (SSSR count). The molecule has 2 N–H and O–H groups in total. The Bertz CT molecular complexity index is 474. The van der Waals surface area contributed by atoms with Gasteiger partial charge in [0, 0.05) is 29.9 Å². The van der Waals surface area contributed by atoms with Gasteiger partial charge in [0.25, 0.3) is 0 Å². The van der Waals surface area contributed by atoms with Crippen LogP contribution in [0, 0.1) is 6.92 Å². The summed E-state index contributed by atoms with van der Waals surface area (Å²) in [5.41, 5.74) is 7.56. The zero-order valence-corrected chi connectivity index (χ0v) is 9.91. The van der Waals surface area contributed by atoms with Crippen LogP contribution in [-0.4, -0.2) is 16.1 Å². The zero-order chi connectivity index (χ0) is 11.5. The van der Waals surface area contributed by atoms with Crippen molar-refractivity contribution in [3.05, 3.63) is 41.3 Å². The van der Waals surface area contributed by atoms with E-state index in [0.29, 0.717) is 6.54 Å². The van der Waals surface area contributed by atoms with E-state index in [4.69, 9.17) is 17.3 Å².